The molecule has 0 spiro atoms. The zero-order chi connectivity index (χ0) is 28.2. The number of anilines is 1. The first-order valence-corrected chi connectivity index (χ1v) is 15.9. The Labute approximate surface area is 248 Å². The average molecular weight is 543 g/mol. The maximum absolute atomic E-state index is 5.35. The molecule has 0 radical (unpaired) electrons. The van der Waals surface area contributed by atoms with Gasteiger partial charge in [-0.2, -0.15) is 0 Å². The number of hydrogen-bond acceptors (Lipinski definition) is 2. The van der Waals surface area contributed by atoms with Crippen LogP contribution in [-0.4, -0.2) is 11.8 Å². The molecular formula is C39H46N2. The number of aliphatic imine (C=N–C) groups is 1. The van der Waals surface area contributed by atoms with Crippen LogP contribution in [0.3, 0.4) is 0 Å². The third-order valence-electron chi connectivity index (χ3n) is 9.67. The van der Waals surface area contributed by atoms with Gasteiger partial charge in [0.2, 0.25) is 0 Å². The van der Waals surface area contributed by atoms with Crippen LogP contribution in [0.4, 0.5) is 5.69 Å². The molecule has 0 N–H and O–H groups in total. The summed E-state index contributed by atoms with van der Waals surface area (Å²) < 4.78 is 0. The van der Waals surface area contributed by atoms with Gasteiger partial charge in [-0.1, -0.05) is 90.5 Å². The summed E-state index contributed by atoms with van der Waals surface area (Å²) in [4.78, 5) is 7.97. The number of rotatable bonds is 6. The van der Waals surface area contributed by atoms with Crippen LogP contribution < -0.4 is 4.90 Å². The normalized spacial score (nSPS) is 28.3. The molecular weight excluding hydrogens is 496 g/mol. The van der Waals surface area contributed by atoms with Crippen molar-refractivity contribution >= 4 is 11.4 Å². The summed E-state index contributed by atoms with van der Waals surface area (Å²) in [5.74, 6) is 1.47. The van der Waals surface area contributed by atoms with Gasteiger partial charge in [-0.05, 0) is 113 Å². The molecule has 0 fully saturated rings. The topological polar surface area (TPSA) is 15.6 Å². The predicted octanol–water partition coefficient (Wildman–Crippen LogP) is 10.4. The van der Waals surface area contributed by atoms with Crippen molar-refractivity contribution in [3.05, 3.63) is 125 Å². The minimum atomic E-state index is 0.374. The van der Waals surface area contributed by atoms with Crippen LogP contribution in [-0.2, 0) is 0 Å². The summed E-state index contributed by atoms with van der Waals surface area (Å²) in [6, 6.07) is 11.4. The summed E-state index contributed by atoms with van der Waals surface area (Å²) in [6.45, 7) is 6.77. The summed E-state index contributed by atoms with van der Waals surface area (Å²) in [7, 11) is 0. The molecule has 1 aromatic carbocycles. The van der Waals surface area contributed by atoms with Crippen molar-refractivity contribution in [2.75, 3.05) is 4.90 Å². The van der Waals surface area contributed by atoms with E-state index in [4.69, 9.17) is 4.99 Å². The maximum atomic E-state index is 5.35. The fraction of sp³-hybridized carbons (Fsp3) is 0.410. The Bertz CT molecular complexity index is 1400. The molecule has 0 amide bonds. The molecule has 4 atom stereocenters. The highest BCUT2D eigenvalue weighted by molar-refractivity contribution is 5.91. The zero-order valence-corrected chi connectivity index (χ0v) is 25.2. The predicted molar refractivity (Wildman–Crippen MR) is 176 cm³/mol. The second-order valence-corrected chi connectivity index (χ2v) is 12.7. The maximum Gasteiger partial charge on any atom is 0.0624 e. The summed E-state index contributed by atoms with van der Waals surface area (Å²) in [5, 5.41) is 0. The highest BCUT2D eigenvalue weighted by Crippen LogP contribution is 2.39. The van der Waals surface area contributed by atoms with Crippen LogP contribution in [0.15, 0.2) is 130 Å². The van der Waals surface area contributed by atoms with Gasteiger partial charge in [-0.15, -0.1) is 0 Å². The van der Waals surface area contributed by atoms with Crippen molar-refractivity contribution in [2.45, 2.75) is 84.6 Å². The van der Waals surface area contributed by atoms with E-state index in [9.17, 15) is 0 Å². The first-order chi connectivity index (χ1) is 20.0. The van der Waals surface area contributed by atoms with Gasteiger partial charge in [0.05, 0.1) is 11.7 Å². The Morgan fingerprint density at radius 1 is 0.854 bits per heavy atom. The van der Waals surface area contributed by atoms with Crippen molar-refractivity contribution in [1.82, 2.24) is 0 Å². The molecule has 1 heterocycles. The van der Waals surface area contributed by atoms with E-state index in [-0.39, 0.29) is 0 Å². The molecule has 212 valence electrons. The molecule has 6 rings (SSSR count). The Morgan fingerprint density at radius 2 is 1.73 bits per heavy atom. The minimum absolute atomic E-state index is 0.374. The first-order valence-electron chi connectivity index (χ1n) is 15.9. The molecule has 1 aliphatic heterocycles. The van der Waals surface area contributed by atoms with E-state index in [0.29, 0.717) is 23.8 Å². The Balaban J connectivity index is 1.29. The van der Waals surface area contributed by atoms with Crippen molar-refractivity contribution in [1.29, 1.82) is 0 Å². The molecule has 2 nitrogen and oxygen atoms in total. The van der Waals surface area contributed by atoms with Crippen molar-refractivity contribution in [3.8, 4) is 0 Å². The van der Waals surface area contributed by atoms with Gasteiger partial charge in [-0.3, -0.25) is 4.99 Å². The molecule has 4 aliphatic carbocycles. The smallest absolute Gasteiger partial charge is 0.0624 e. The fourth-order valence-corrected chi connectivity index (χ4v) is 7.11. The lowest BCUT2D eigenvalue weighted by atomic mass is 9.78. The monoisotopic (exact) mass is 542 g/mol. The third kappa shape index (κ3) is 6.43. The van der Waals surface area contributed by atoms with Crippen molar-refractivity contribution < 1.29 is 0 Å². The number of hydrogen-bond donors (Lipinski definition) is 0. The lowest BCUT2D eigenvalue weighted by molar-refractivity contribution is 0.434. The fourth-order valence-electron chi connectivity index (χ4n) is 7.11. The first kappa shape index (κ1) is 27.8. The highest BCUT2D eigenvalue weighted by Gasteiger charge is 2.31. The molecule has 0 saturated heterocycles. The van der Waals surface area contributed by atoms with Crippen LogP contribution in [0.2, 0.25) is 0 Å². The Morgan fingerprint density at radius 3 is 2.49 bits per heavy atom. The molecule has 1 aromatic rings. The quantitative estimate of drug-likeness (QED) is 0.326. The van der Waals surface area contributed by atoms with Crippen molar-refractivity contribution in [2.24, 2.45) is 22.7 Å². The van der Waals surface area contributed by atoms with Gasteiger partial charge >= 0.3 is 0 Å². The molecule has 0 bridgehead atoms. The van der Waals surface area contributed by atoms with E-state index < -0.39 is 0 Å². The molecule has 2 heteroatoms. The summed E-state index contributed by atoms with van der Waals surface area (Å²) in [6.07, 6.45) is 34.5. The Hall–Kier alpha value is -3.39. The van der Waals surface area contributed by atoms with Crippen LogP contribution >= 0.6 is 0 Å². The third-order valence-corrected chi connectivity index (χ3v) is 9.67. The zero-order valence-electron chi connectivity index (χ0n) is 25.2. The van der Waals surface area contributed by atoms with E-state index >= 15 is 0 Å². The largest absolute Gasteiger partial charge is 0.335 e. The van der Waals surface area contributed by atoms with Gasteiger partial charge in [0, 0.05) is 23.0 Å². The van der Waals surface area contributed by atoms with Gasteiger partial charge < -0.3 is 4.90 Å². The summed E-state index contributed by atoms with van der Waals surface area (Å²) >= 11 is 0. The molecule has 41 heavy (non-hydrogen) atoms. The van der Waals surface area contributed by atoms with Gasteiger partial charge in [0.1, 0.15) is 0 Å². The average Bonchev–Trinajstić information content (AvgIpc) is 3.26. The summed E-state index contributed by atoms with van der Waals surface area (Å²) in [5.41, 5.74) is 11.1. The van der Waals surface area contributed by atoms with Crippen LogP contribution in [0.5, 0.6) is 0 Å². The van der Waals surface area contributed by atoms with Gasteiger partial charge in [0.25, 0.3) is 0 Å². The van der Waals surface area contributed by atoms with Crippen molar-refractivity contribution in [3.63, 3.8) is 0 Å². The standard InChI is InChI=1S/C39H46N2/c1-28-16-20-32(21-17-28)37-26-34(27-38(40-37)33-22-18-29(2)19-23-33)31-11-9-14-36(25-24-31)41(35-12-5-4-6-13-35)39-15-8-7-10-30(39)3/h4-6,8,12-13,15-18,20,22,24-25,27,31-32,34,36H,7,9-11,14,19,21,23,26H2,1-3H3. The SMILES string of the molecule is CC1=CCC(C2=NC(C3=CC=C(C)CC3)=CC(C3C=CC(N(C4=C(C)CCC=C4)c4ccccc4)CCC3)C2)C=C1. The number of para-hydroxylation sites is 1. The van der Waals surface area contributed by atoms with Crippen LogP contribution in [0.25, 0.3) is 0 Å². The molecule has 4 unspecified atom stereocenters. The molecule has 5 aliphatic rings. The van der Waals surface area contributed by atoms with E-state index in [1.165, 1.54) is 64.3 Å². The van der Waals surface area contributed by atoms with Crippen LogP contribution in [0.1, 0.15) is 78.6 Å². The number of benzene rings is 1. The lowest BCUT2D eigenvalue weighted by Gasteiger charge is -2.35. The number of allylic oxidation sites excluding steroid dienone is 13. The lowest BCUT2D eigenvalue weighted by Crippen LogP contribution is -2.33. The van der Waals surface area contributed by atoms with E-state index in [0.717, 1.165) is 38.5 Å². The number of nitrogens with zero attached hydrogens (tertiary/aromatic N) is 2. The highest BCUT2D eigenvalue weighted by atomic mass is 15.2. The van der Waals surface area contributed by atoms with E-state index in [2.05, 4.69) is 117 Å². The van der Waals surface area contributed by atoms with E-state index in [1.54, 1.807) is 0 Å². The van der Waals surface area contributed by atoms with Gasteiger partial charge in [0.15, 0.2) is 0 Å². The van der Waals surface area contributed by atoms with Gasteiger partial charge in [-0.25, -0.2) is 0 Å². The van der Waals surface area contributed by atoms with Crippen LogP contribution in [0, 0.1) is 17.8 Å². The second-order valence-electron chi connectivity index (χ2n) is 12.7. The molecule has 0 saturated carbocycles. The van der Waals surface area contributed by atoms with E-state index in [1.807, 2.05) is 0 Å². The minimum Gasteiger partial charge on any atom is -0.335 e. The second kappa shape index (κ2) is 12.6. The molecule has 0 aromatic heterocycles. The Kier molecular flexibility index (Phi) is 8.56.